The van der Waals surface area contributed by atoms with Crippen molar-refractivity contribution >= 4 is 30.3 Å². The lowest BCUT2D eigenvalue weighted by atomic mass is 9.72. The van der Waals surface area contributed by atoms with Crippen LogP contribution in [0.4, 0.5) is 9.59 Å². The van der Waals surface area contributed by atoms with E-state index in [2.05, 4.69) is 76.3 Å². The minimum Gasteiger partial charge on any atom is -0.450 e. The molecular weight excluding hydrogens is 797 g/mol. The molecule has 4 saturated heterocycles. The molecule has 6 aliphatic rings. The van der Waals surface area contributed by atoms with Crippen LogP contribution in [0.1, 0.15) is 140 Å². The summed E-state index contributed by atoms with van der Waals surface area (Å²) in [4.78, 5) is 63.3. The number of piperidine rings is 4. The van der Waals surface area contributed by atoms with E-state index in [1.165, 1.54) is 35.1 Å². The first kappa shape index (κ1) is 48.0. The van der Waals surface area contributed by atoms with Crippen LogP contribution in [0.25, 0.3) is 0 Å². The van der Waals surface area contributed by atoms with Gasteiger partial charge in [-0.3, -0.25) is 9.59 Å². The van der Waals surface area contributed by atoms with Crippen molar-refractivity contribution in [1.29, 1.82) is 0 Å². The molecule has 13 nitrogen and oxygen atoms in total. The Morgan fingerprint density at radius 2 is 1.08 bits per heavy atom. The molecule has 2 spiro atoms. The van der Waals surface area contributed by atoms with Crippen molar-refractivity contribution in [2.75, 3.05) is 72.1 Å². The normalized spacial score (nSPS) is 23.7. The lowest BCUT2D eigenvalue weighted by Crippen LogP contribution is -2.49. The van der Waals surface area contributed by atoms with Crippen LogP contribution in [-0.4, -0.2) is 117 Å². The summed E-state index contributed by atoms with van der Waals surface area (Å²) in [6.45, 7) is 20.3. The fourth-order valence-corrected chi connectivity index (χ4v) is 11.2. The molecule has 2 aliphatic carbocycles. The molecule has 0 unspecified atom stereocenters. The third-order valence-electron chi connectivity index (χ3n) is 15.0. The van der Waals surface area contributed by atoms with Crippen molar-refractivity contribution in [3.63, 3.8) is 0 Å². The van der Waals surface area contributed by atoms with Gasteiger partial charge in [-0.25, -0.2) is 9.59 Å². The maximum Gasteiger partial charge on any atom is 0.409 e. The predicted octanol–water partition coefficient (Wildman–Crippen LogP) is 7.19. The Kier molecular flexibility index (Phi) is 16.0. The average Bonchev–Trinajstić information content (AvgIpc) is 3.72. The Labute approximate surface area is 375 Å². The van der Waals surface area contributed by atoms with Gasteiger partial charge in [-0.2, -0.15) is 0 Å². The Morgan fingerprint density at radius 3 is 1.51 bits per heavy atom. The summed E-state index contributed by atoms with van der Waals surface area (Å²) in [5, 5.41) is 9.72. The first-order valence-electron chi connectivity index (χ1n) is 23.6. The number of rotatable bonds is 7. The SMILES string of the molecule is CC(=O)N[C@H]1CC2(CCNCC2)c2ccccc21.CCOC(=O)N1CCC(C)(C=O)CC1.CCOC(=O)N1CCC(C)(CN2CCC3(CC2)C[C@H](NC(C)=O)c2ccccc23)CC1. The summed E-state index contributed by atoms with van der Waals surface area (Å²) < 4.78 is 10.0. The monoisotopic (exact) mass is 871 g/mol. The zero-order valence-electron chi connectivity index (χ0n) is 38.9. The molecule has 0 radical (unpaired) electrons. The highest BCUT2D eigenvalue weighted by molar-refractivity contribution is 5.74. The number of hydrogen-bond donors (Lipinski definition) is 3. The molecule has 346 valence electrons. The van der Waals surface area contributed by atoms with E-state index in [1.807, 2.05) is 18.7 Å². The number of carbonyl (C=O) groups excluding carboxylic acids is 5. The summed E-state index contributed by atoms with van der Waals surface area (Å²) in [6.07, 6.45) is 10.8. The minimum atomic E-state index is -0.263. The second kappa shape index (κ2) is 21.0. The van der Waals surface area contributed by atoms with Crippen LogP contribution in [0.5, 0.6) is 0 Å². The van der Waals surface area contributed by atoms with E-state index < -0.39 is 0 Å². The van der Waals surface area contributed by atoms with Crippen molar-refractivity contribution < 1.29 is 33.4 Å². The predicted molar refractivity (Wildman–Crippen MR) is 244 cm³/mol. The lowest BCUT2D eigenvalue weighted by molar-refractivity contribution is -0.120. The third kappa shape index (κ3) is 11.6. The molecule has 2 atom stereocenters. The summed E-state index contributed by atoms with van der Waals surface area (Å²) in [6, 6.07) is 17.7. The van der Waals surface area contributed by atoms with Gasteiger partial charge < -0.3 is 44.9 Å². The number of benzene rings is 2. The molecule has 4 fully saturated rings. The number of likely N-dealkylation sites (tertiary alicyclic amines) is 3. The highest BCUT2D eigenvalue weighted by Crippen LogP contribution is 2.52. The van der Waals surface area contributed by atoms with Gasteiger partial charge in [-0.05, 0) is 132 Å². The van der Waals surface area contributed by atoms with Crippen molar-refractivity contribution in [3.8, 4) is 0 Å². The number of carbonyl (C=O) groups is 5. The number of nitrogens with one attached hydrogen (secondary N) is 3. The van der Waals surface area contributed by atoms with E-state index in [1.54, 1.807) is 25.7 Å². The van der Waals surface area contributed by atoms with Gasteiger partial charge in [-0.1, -0.05) is 62.4 Å². The Balaban J connectivity index is 0.000000174. The maximum absolute atomic E-state index is 12.0. The molecule has 8 rings (SSSR count). The van der Waals surface area contributed by atoms with E-state index in [0.29, 0.717) is 26.3 Å². The van der Waals surface area contributed by atoms with Gasteiger partial charge in [0.2, 0.25) is 11.8 Å². The minimum absolute atomic E-state index is 0.0522. The largest absolute Gasteiger partial charge is 0.450 e. The summed E-state index contributed by atoms with van der Waals surface area (Å²) in [7, 11) is 0. The smallest absolute Gasteiger partial charge is 0.409 e. The van der Waals surface area contributed by atoms with E-state index in [4.69, 9.17) is 9.47 Å². The molecule has 4 amide bonds. The van der Waals surface area contributed by atoms with Crippen LogP contribution >= 0.6 is 0 Å². The van der Waals surface area contributed by atoms with Gasteiger partial charge in [0.05, 0.1) is 25.3 Å². The second-order valence-corrected chi connectivity index (χ2v) is 19.6. The molecule has 0 aromatic heterocycles. The molecule has 13 heteroatoms. The Hall–Kier alpha value is -4.49. The lowest BCUT2D eigenvalue weighted by Gasteiger charge is -2.46. The zero-order valence-corrected chi connectivity index (χ0v) is 38.9. The molecular formula is C50H74N6O7. The summed E-state index contributed by atoms with van der Waals surface area (Å²) >= 11 is 0. The molecule has 0 bridgehead atoms. The fourth-order valence-electron chi connectivity index (χ4n) is 11.2. The molecule has 2 aromatic carbocycles. The van der Waals surface area contributed by atoms with Gasteiger partial charge >= 0.3 is 12.2 Å². The quantitative estimate of drug-likeness (QED) is 0.246. The maximum atomic E-state index is 12.0. The summed E-state index contributed by atoms with van der Waals surface area (Å²) in [5.41, 5.74) is 6.03. The molecule has 63 heavy (non-hydrogen) atoms. The highest BCUT2D eigenvalue weighted by atomic mass is 16.6. The van der Waals surface area contributed by atoms with Crippen LogP contribution in [-0.2, 0) is 34.7 Å². The molecule has 4 heterocycles. The number of ether oxygens (including phenoxy) is 2. The number of nitrogens with zero attached hydrogens (tertiary/aromatic N) is 3. The van der Waals surface area contributed by atoms with Crippen molar-refractivity contribution in [3.05, 3.63) is 70.8 Å². The van der Waals surface area contributed by atoms with Crippen LogP contribution in [0.15, 0.2) is 48.5 Å². The summed E-state index contributed by atoms with van der Waals surface area (Å²) in [5.74, 6) is 0.122. The van der Waals surface area contributed by atoms with Crippen LogP contribution < -0.4 is 16.0 Å². The van der Waals surface area contributed by atoms with Crippen LogP contribution in [0.2, 0.25) is 0 Å². The fraction of sp³-hybridized carbons (Fsp3) is 0.660. The van der Waals surface area contributed by atoms with Crippen molar-refractivity contribution in [1.82, 2.24) is 30.7 Å². The topological polar surface area (TPSA) is 150 Å². The van der Waals surface area contributed by atoms with Gasteiger partial charge in [-0.15, -0.1) is 0 Å². The molecule has 4 aliphatic heterocycles. The number of amides is 4. The van der Waals surface area contributed by atoms with E-state index in [9.17, 15) is 24.0 Å². The van der Waals surface area contributed by atoms with Gasteiger partial charge in [0.1, 0.15) is 6.29 Å². The highest BCUT2D eigenvalue weighted by Gasteiger charge is 2.47. The Bertz CT molecular complexity index is 1890. The number of fused-ring (bicyclic) bond motifs is 4. The number of aldehydes is 1. The molecule has 3 N–H and O–H groups in total. The van der Waals surface area contributed by atoms with Crippen LogP contribution in [0, 0.1) is 10.8 Å². The molecule has 0 saturated carbocycles. The van der Waals surface area contributed by atoms with Crippen molar-refractivity contribution in [2.45, 2.75) is 129 Å². The van der Waals surface area contributed by atoms with Gasteiger partial charge in [0, 0.05) is 62.8 Å². The first-order valence-corrected chi connectivity index (χ1v) is 23.6. The van der Waals surface area contributed by atoms with Crippen LogP contribution in [0.3, 0.4) is 0 Å². The van der Waals surface area contributed by atoms with E-state index >= 15 is 0 Å². The third-order valence-corrected chi connectivity index (χ3v) is 15.0. The van der Waals surface area contributed by atoms with E-state index in [0.717, 1.165) is 103 Å². The first-order chi connectivity index (χ1) is 30.2. The second-order valence-electron chi connectivity index (χ2n) is 19.6. The van der Waals surface area contributed by atoms with Gasteiger partial charge in [0.15, 0.2) is 0 Å². The van der Waals surface area contributed by atoms with Gasteiger partial charge in [0.25, 0.3) is 0 Å². The number of hydrogen-bond acceptors (Lipinski definition) is 9. The standard InChI is InChI=1S/C25H37N3O3.C15H20N2O.C10H17NO3/c1-4-31-23(30)28-15-9-24(3,10-16-28)18-27-13-11-25(12-14-27)17-22(26-19(2)29)20-7-5-6-8-21(20)25;1-11(18)17-14-10-15(6-8-16-9-7-15)13-5-3-2-4-12(13)14;1-3-14-9(13)11-6-4-10(2,8-12)5-7-11/h5-8,22H,4,9-18H2,1-3H3,(H,26,29);2-5,14,16H,6-10H2,1H3,(H,17,18);8H,3-7H2,1-2H3/t22-;14-;/m00./s1. The Morgan fingerprint density at radius 1 is 0.651 bits per heavy atom. The van der Waals surface area contributed by atoms with E-state index in [-0.39, 0.29) is 57.7 Å². The molecule has 2 aromatic rings. The van der Waals surface area contributed by atoms with Crippen molar-refractivity contribution in [2.24, 2.45) is 10.8 Å². The zero-order chi connectivity index (χ0) is 45.3. The average molecular weight is 871 g/mol.